The van der Waals surface area contributed by atoms with Gasteiger partial charge >= 0.3 is 0 Å². The van der Waals surface area contributed by atoms with E-state index in [0.717, 1.165) is 60.9 Å². The Morgan fingerprint density at radius 3 is 2.29 bits per heavy atom. The van der Waals surface area contributed by atoms with Gasteiger partial charge in [-0.25, -0.2) is 4.39 Å². The third kappa shape index (κ3) is 7.41. The maximum absolute atomic E-state index is 13.5. The summed E-state index contributed by atoms with van der Waals surface area (Å²) in [5.41, 5.74) is 3.58. The normalized spacial score (nSPS) is 15.8. The molecule has 1 aliphatic heterocycles. The molecule has 34 heavy (non-hydrogen) atoms. The van der Waals surface area contributed by atoms with Crippen LogP contribution in [0.25, 0.3) is 0 Å². The largest absolute Gasteiger partial charge is 0.338 e. The number of para-hydroxylation sites is 1. The van der Waals surface area contributed by atoms with Crippen molar-refractivity contribution in [1.29, 1.82) is 0 Å². The molecule has 0 unspecified atom stereocenters. The van der Waals surface area contributed by atoms with Crippen molar-refractivity contribution >= 4 is 17.5 Å². The predicted octanol–water partition coefficient (Wildman–Crippen LogP) is 6.44. The molecule has 0 N–H and O–H groups in total. The van der Waals surface area contributed by atoms with Gasteiger partial charge in [0.2, 0.25) is 11.8 Å². The summed E-state index contributed by atoms with van der Waals surface area (Å²) in [6.45, 7) is 7.86. The van der Waals surface area contributed by atoms with Crippen LogP contribution in [-0.2, 0) is 22.6 Å². The van der Waals surface area contributed by atoms with Gasteiger partial charge in [0.05, 0.1) is 6.42 Å². The molecule has 0 aromatic heterocycles. The van der Waals surface area contributed by atoms with E-state index in [9.17, 15) is 14.0 Å². The van der Waals surface area contributed by atoms with Gasteiger partial charge in [-0.3, -0.25) is 9.59 Å². The van der Waals surface area contributed by atoms with Gasteiger partial charge in [-0.05, 0) is 60.6 Å². The van der Waals surface area contributed by atoms with Crippen LogP contribution in [0.3, 0.4) is 0 Å². The van der Waals surface area contributed by atoms with Crippen molar-refractivity contribution in [3.63, 3.8) is 0 Å². The number of hydrogen-bond acceptors (Lipinski definition) is 2. The van der Waals surface area contributed by atoms with E-state index in [0.29, 0.717) is 32.0 Å². The summed E-state index contributed by atoms with van der Waals surface area (Å²) >= 11 is 0. The maximum Gasteiger partial charge on any atom is 0.227 e. The Morgan fingerprint density at radius 1 is 0.912 bits per heavy atom. The Morgan fingerprint density at radius 2 is 1.59 bits per heavy atom. The summed E-state index contributed by atoms with van der Waals surface area (Å²) in [4.78, 5) is 30.5. The van der Waals surface area contributed by atoms with E-state index in [1.54, 1.807) is 6.07 Å². The summed E-state index contributed by atoms with van der Waals surface area (Å²) < 4.78 is 13.5. The van der Waals surface area contributed by atoms with Crippen LogP contribution < -0.4 is 4.90 Å². The van der Waals surface area contributed by atoms with Gasteiger partial charge in [-0.1, -0.05) is 63.8 Å². The smallest absolute Gasteiger partial charge is 0.227 e. The van der Waals surface area contributed by atoms with Gasteiger partial charge in [0.25, 0.3) is 0 Å². The van der Waals surface area contributed by atoms with Gasteiger partial charge in [0.15, 0.2) is 0 Å². The molecule has 3 rings (SSSR count). The molecular weight excluding hydrogens is 427 g/mol. The average molecular weight is 467 g/mol. The van der Waals surface area contributed by atoms with E-state index >= 15 is 0 Å². The molecule has 184 valence electrons. The summed E-state index contributed by atoms with van der Waals surface area (Å²) in [6, 6.07) is 12.6. The first-order chi connectivity index (χ1) is 16.3. The lowest BCUT2D eigenvalue weighted by molar-refractivity contribution is -0.131. The van der Waals surface area contributed by atoms with Gasteiger partial charge in [-0.15, -0.1) is 0 Å². The van der Waals surface area contributed by atoms with E-state index in [1.807, 2.05) is 41.0 Å². The number of aryl methyl sites for hydroxylation is 1. The third-order valence-electron chi connectivity index (χ3n) is 6.59. The molecule has 0 radical (unpaired) electrons. The number of benzene rings is 2. The molecule has 1 aliphatic rings. The standard InChI is InChI=1S/C29H39FN2O2/c1-22(2)18-29(34)32-17-11-7-5-4-6-10-16-31(21-25-12-8-9-13-27(25)32)28(33)20-24-14-15-26(30)19-23(24)3/h8-9,12-15,19,22H,4-7,10-11,16-18,20-21H2,1-3H3. The highest BCUT2D eigenvalue weighted by molar-refractivity contribution is 5.94. The minimum Gasteiger partial charge on any atom is -0.338 e. The van der Waals surface area contributed by atoms with Crippen LogP contribution in [-0.4, -0.2) is 29.8 Å². The van der Waals surface area contributed by atoms with Gasteiger partial charge in [0, 0.05) is 31.7 Å². The fraction of sp³-hybridized carbons (Fsp3) is 0.517. The Bertz CT molecular complexity index is 972. The zero-order valence-electron chi connectivity index (χ0n) is 21.0. The van der Waals surface area contributed by atoms with Gasteiger partial charge in [-0.2, -0.15) is 0 Å². The molecule has 5 heteroatoms. The first kappa shape index (κ1) is 25.9. The van der Waals surface area contributed by atoms with Crippen LogP contribution in [0.1, 0.15) is 75.5 Å². The third-order valence-corrected chi connectivity index (χ3v) is 6.59. The van der Waals surface area contributed by atoms with Crippen molar-refractivity contribution in [3.8, 4) is 0 Å². The summed E-state index contributed by atoms with van der Waals surface area (Å²) in [5, 5.41) is 0. The summed E-state index contributed by atoms with van der Waals surface area (Å²) in [5.74, 6) is 0.203. The monoisotopic (exact) mass is 466 g/mol. The fourth-order valence-corrected chi connectivity index (χ4v) is 4.66. The van der Waals surface area contributed by atoms with Crippen molar-refractivity contribution in [3.05, 3.63) is 65.0 Å². The quantitative estimate of drug-likeness (QED) is 0.520. The minimum absolute atomic E-state index is 0.0411. The molecule has 0 aliphatic carbocycles. The molecule has 4 nitrogen and oxygen atoms in total. The molecule has 0 bridgehead atoms. The van der Waals surface area contributed by atoms with E-state index in [-0.39, 0.29) is 24.1 Å². The lowest BCUT2D eigenvalue weighted by Gasteiger charge is -2.29. The predicted molar refractivity (Wildman–Crippen MR) is 136 cm³/mol. The molecule has 2 amide bonds. The number of carbonyl (C=O) groups excluding carboxylic acids is 2. The van der Waals surface area contributed by atoms with Gasteiger partial charge in [0.1, 0.15) is 5.82 Å². The molecule has 0 fully saturated rings. The summed E-state index contributed by atoms with van der Waals surface area (Å²) in [6.07, 6.45) is 7.22. The van der Waals surface area contributed by atoms with E-state index in [1.165, 1.54) is 12.1 Å². The Hall–Kier alpha value is -2.69. The van der Waals surface area contributed by atoms with E-state index in [4.69, 9.17) is 0 Å². The molecule has 0 spiro atoms. The maximum atomic E-state index is 13.5. The van der Waals surface area contributed by atoms with Crippen LogP contribution in [0, 0.1) is 18.7 Å². The Kier molecular flexibility index (Phi) is 9.67. The molecule has 2 aromatic carbocycles. The number of anilines is 1. The highest BCUT2D eigenvalue weighted by Gasteiger charge is 2.22. The van der Waals surface area contributed by atoms with E-state index in [2.05, 4.69) is 13.8 Å². The van der Waals surface area contributed by atoms with Crippen LogP contribution in [0.2, 0.25) is 0 Å². The first-order valence-electron chi connectivity index (χ1n) is 12.8. The summed E-state index contributed by atoms with van der Waals surface area (Å²) in [7, 11) is 0. The second-order valence-corrected chi connectivity index (χ2v) is 9.96. The number of nitrogens with zero attached hydrogens (tertiary/aromatic N) is 2. The molecule has 0 saturated carbocycles. The average Bonchev–Trinajstić information content (AvgIpc) is 2.80. The number of halogens is 1. The lowest BCUT2D eigenvalue weighted by atomic mass is 10.0. The second kappa shape index (κ2) is 12.7. The van der Waals surface area contributed by atoms with E-state index < -0.39 is 0 Å². The SMILES string of the molecule is Cc1cc(F)ccc1CC(=O)N1CCCCCCCCN(C(=O)CC(C)C)c2ccccc2C1. The number of carbonyl (C=O) groups is 2. The van der Waals surface area contributed by atoms with Crippen molar-refractivity contribution in [2.75, 3.05) is 18.0 Å². The van der Waals surface area contributed by atoms with Crippen LogP contribution in [0.4, 0.5) is 10.1 Å². The van der Waals surface area contributed by atoms with Crippen molar-refractivity contribution < 1.29 is 14.0 Å². The Balaban J connectivity index is 1.89. The molecular formula is C29H39FN2O2. The molecule has 1 heterocycles. The highest BCUT2D eigenvalue weighted by atomic mass is 19.1. The van der Waals surface area contributed by atoms with Crippen molar-refractivity contribution in [2.45, 2.75) is 78.7 Å². The molecule has 2 aromatic rings. The van der Waals surface area contributed by atoms with Crippen LogP contribution in [0.5, 0.6) is 0 Å². The lowest BCUT2D eigenvalue weighted by Crippen LogP contribution is -2.36. The zero-order chi connectivity index (χ0) is 24.5. The van der Waals surface area contributed by atoms with Gasteiger partial charge < -0.3 is 9.80 Å². The van der Waals surface area contributed by atoms with Crippen LogP contribution in [0.15, 0.2) is 42.5 Å². The highest BCUT2D eigenvalue weighted by Crippen LogP contribution is 2.26. The van der Waals surface area contributed by atoms with Crippen LogP contribution >= 0.6 is 0 Å². The minimum atomic E-state index is -0.281. The van der Waals surface area contributed by atoms with Crippen molar-refractivity contribution in [1.82, 2.24) is 4.90 Å². The first-order valence-corrected chi connectivity index (χ1v) is 12.8. The topological polar surface area (TPSA) is 40.6 Å². The number of fused-ring (bicyclic) bond motifs is 1. The zero-order valence-corrected chi connectivity index (χ0v) is 21.0. The molecule has 0 atom stereocenters. The second-order valence-electron chi connectivity index (χ2n) is 9.96. The number of amides is 2. The Labute approximate surface area is 204 Å². The fourth-order valence-electron chi connectivity index (χ4n) is 4.66. The molecule has 0 saturated heterocycles. The van der Waals surface area contributed by atoms with Crippen molar-refractivity contribution in [2.24, 2.45) is 5.92 Å². The number of hydrogen-bond donors (Lipinski definition) is 0. The number of rotatable bonds is 4.